The van der Waals surface area contributed by atoms with E-state index in [1.807, 2.05) is 18.2 Å². The van der Waals surface area contributed by atoms with Crippen LogP contribution in [0, 0.1) is 11.3 Å². The van der Waals surface area contributed by atoms with Crippen LogP contribution in [0.3, 0.4) is 0 Å². The van der Waals surface area contributed by atoms with Crippen molar-refractivity contribution in [3.05, 3.63) is 29.5 Å². The first-order valence-corrected chi connectivity index (χ1v) is 5.27. The van der Waals surface area contributed by atoms with Crippen molar-refractivity contribution in [2.24, 2.45) is 0 Å². The normalized spacial score (nSPS) is 10.7. The molecule has 0 unspecified atom stereocenters. The number of hydrogen-bond donors (Lipinski definition) is 1. The van der Waals surface area contributed by atoms with Crippen LogP contribution in [0.5, 0.6) is 5.75 Å². The highest BCUT2D eigenvalue weighted by Crippen LogP contribution is 2.29. The van der Waals surface area contributed by atoms with Gasteiger partial charge in [-0.1, -0.05) is 13.8 Å². The summed E-state index contributed by atoms with van der Waals surface area (Å²) in [6.07, 6.45) is 0. The molecule has 0 radical (unpaired) electrons. The van der Waals surface area contributed by atoms with Gasteiger partial charge >= 0.3 is 0 Å². The molecule has 0 aliphatic heterocycles. The molecular formula is C13H14N2O. The first-order chi connectivity index (χ1) is 7.67. The number of nitrogens with one attached hydrogen (secondary N) is 1. The smallest absolute Gasteiger partial charge is 0.120 e. The van der Waals surface area contributed by atoms with Crippen LogP contribution in [0.2, 0.25) is 0 Å². The van der Waals surface area contributed by atoms with E-state index in [2.05, 4.69) is 24.9 Å². The molecule has 0 saturated heterocycles. The van der Waals surface area contributed by atoms with Crippen molar-refractivity contribution in [3.8, 4) is 11.8 Å². The summed E-state index contributed by atoms with van der Waals surface area (Å²) >= 11 is 0. The number of rotatable bonds is 2. The molecule has 1 N–H and O–H groups in total. The van der Waals surface area contributed by atoms with Crippen molar-refractivity contribution >= 4 is 10.9 Å². The van der Waals surface area contributed by atoms with Crippen molar-refractivity contribution in [1.82, 2.24) is 4.98 Å². The van der Waals surface area contributed by atoms with Gasteiger partial charge in [-0.2, -0.15) is 5.26 Å². The van der Waals surface area contributed by atoms with Crippen LogP contribution < -0.4 is 4.74 Å². The Morgan fingerprint density at radius 1 is 1.38 bits per heavy atom. The Labute approximate surface area is 94.7 Å². The topological polar surface area (TPSA) is 48.8 Å². The van der Waals surface area contributed by atoms with Gasteiger partial charge in [0.1, 0.15) is 11.8 Å². The number of nitrogens with zero attached hydrogens (tertiary/aromatic N) is 1. The lowest BCUT2D eigenvalue weighted by molar-refractivity contribution is 0.415. The van der Waals surface area contributed by atoms with Gasteiger partial charge in [0.2, 0.25) is 0 Å². The van der Waals surface area contributed by atoms with Gasteiger partial charge in [-0.3, -0.25) is 0 Å². The molecule has 0 saturated carbocycles. The Kier molecular flexibility index (Phi) is 2.57. The molecule has 3 nitrogen and oxygen atoms in total. The van der Waals surface area contributed by atoms with Gasteiger partial charge in [0.25, 0.3) is 0 Å². The molecule has 16 heavy (non-hydrogen) atoms. The summed E-state index contributed by atoms with van der Waals surface area (Å²) in [4.78, 5) is 3.29. The molecule has 0 bridgehead atoms. The van der Waals surface area contributed by atoms with Crippen molar-refractivity contribution in [3.63, 3.8) is 0 Å². The molecule has 2 rings (SSSR count). The average Bonchev–Trinajstić information content (AvgIpc) is 2.66. The number of fused-ring (bicyclic) bond motifs is 1. The molecule has 82 valence electrons. The van der Waals surface area contributed by atoms with Gasteiger partial charge in [-0.15, -0.1) is 0 Å². The van der Waals surface area contributed by atoms with Crippen LogP contribution in [0.4, 0.5) is 0 Å². The van der Waals surface area contributed by atoms with Gasteiger partial charge in [0, 0.05) is 17.1 Å². The maximum atomic E-state index is 9.18. The van der Waals surface area contributed by atoms with Crippen LogP contribution >= 0.6 is 0 Å². The van der Waals surface area contributed by atoms with Crippen LogP contribution in [-0.4, -0.2) is 12.1 Å². The highest BCUT2D eigenvalue weighted by Gasteiger charge is 2.13. The van der Waals surface area contributed by atoms with E-state index in [0.717, 1.165) is 27.9 Å². The minimum absolute atomic E-state index is 0.313. The summed E-state index contributed by atoms with van der Waals surface area (Å²) < 4.78 is 5.16. The van der Waals surface area contributed by atoms with Crippen LogP contribution in [-0.2, 0) is 0 Å². The molecule has 3 heteroatoms. The Balaban J connectivity index is 2.72. The first-order valence-electron chi connectivity index (χ1n) is 5.27. The van der Waals surface area contributed by atoms with Gasteiger partial charge < -0.3 is 9.72 Å². The SMILES string of the molecule is COc1ccc2c(C#N)c(C(C)C)[nH]c2c1. The standard InChI is InChI=1S/C13H14N2O/c1-8(2)13-11(7-14)10-5-4-9(16-3)6-12(10)15-13/h4-6,8,15H,1-3H3. The summed E-state index contributed by atoms with van der Waals surface area (Å²) in [7, 11) is 1.64. The maximum Gasteiger partial charge on any atom is 0.120 e. The zero-order chi connectivity index (χ0) is 11.7. The third kappa shape index (κ3) is 1.53. The molecule has 0 amide bonds. The number of ether oxygens (including phenoxy) is 1. The fourth-order valence-corrected chi connectivity index (χ4v) is 1.88. The van der Waals surface area contributed by atoms with E-state index in [4.69, 9.17) is 4.74 Å². The van der Waals surface area contributed by atoms with Crippen molar-refractivity contribution in [2.75, 3.05) is 7.11 Å². The molecule has 0 aliphatic rings. The van der Waals surface area contributed by atoms with Gasteiger partial charge in [0.05, 0.1) is 18.2 Å². The van der Waals surface area contributed by atoms with E-state index in [1.54, 1.807) is 7.11 Å². The lowest BCUT2D eigenvalue weighted by Gasteiger charge is -2.00. The highest BCUT2D eigenvalue weighted by molar-refractivity contribution is 5.88. The monoisotopic (exact) mass is 214 g/mol. The number of hydrogen-bond acceptors (Lipinski definition) is 2. The van der Waals surface area contributed by atoms with Crippen molar-refractivity contribution in [2.45, 2.75) is 19.8 Å². The molecule has 2 aromatic rings. The van der Waals surface area contributed by atoms with E-state index in [-0.39, 0.29) is 0 Å². The molecule has 0 fully saturated rings. The Morgan fingerprint density at radius 2 is 2.12 bits per heavy atom. The minimum Gasteiger partial charge on any atom is -0.497 e. The van der Waals surface area contributed by atoms with E-state index >= 15 is 0 Å². The third-order valence-electron chi connectivity index (χ3n) is 2.72. The molecule has 0 aliphatic carbocycles. The summed E-state index contributed by atoms with van der Waals surface area (Å²) in [6.45, 7) is 4.14. The zero-order valence-electron chi connectivity index (χ0n) is 9.66. The van der Waals surface area contributed by atoms with E-state index in [9.17, 15) is 5.26 Å². The van der Waals surface area contributed by atoms with E-state index in [0.29, 0.717) is 5.92 Å². The number of aromatic nitrogens is 1. The summed E-state index contributed by atoms with van der Waals surface area (Å²) in [5, 5.41) is 10.1. The van der Waals surface area contributed by atoms with Crippen LogP contribution in [0.25, 0.3) is 10.9 Å². The zero-order valence-corrected chi connectivity index (χ0v) is 9.66. The predicted molar refractivity (Wildman–Crippen MR) is 63.7 cm³/mol. The Hall–Kier alpha value is -1.95. The quantitative estimate of drug-likeness (QED) is 0.834. The molecular weight excluding hydrogens is 200 g/mol. The Morgan fingerprint density at radius 3 is 2.69 bits per heavy atom. The highest BCUT2D eigenvalue weighted by atomic mass is 16.5. The maximum absolute atomic E-state index is 9.18. The molecule has 1 aromatic carbocycles. The second-order valence-electron chi connectivity index (χ2n) is 4.09. The molecule has 0 atom stereocenters. The van der Waals surface area contributed by atoms with Gasteiger partial charge in [0.15, 0.2) is 0 Å². The fourth-order valence-electron chi connectivity index (χ4n) is 1.88. The number of methoxy groups -OCH3 is 1. The number of nitriles is 1. The van der Waals surface area contributed by atoms with E-state index < -0.39 is 0 Å². The second-order valence-corrected chi connectivity index (χ2v) is 4.09. The van der Waals surface area contributed by atoms with Crippen LogP contribution in [0.15, 0.2) is 18.2 Å². The predicted octanol–water partition coefficient (Wildman–Crippen LogP) is 3.17. The number of H-pyrrole nitrogens is 1. The average molecular weight is 214 g/mol. The van der Waals surface area contributed by atoms with Gasteiger partial charge in [-0.05, 0) is 18.1 Å². The second kappa shape index (κ2) is 3.90. The van der Waals surface area contributed by atoms with Crippen LogP contribution in [0.1, 0.15) is 31.0 Å². The largest absolute Gasteiger partial charge is 0.497 e. The fraction of sp³-hybridized carbons (Fsp3) is 0.308. The Bertz CT molecular complexity index is 561. The summed E-state index contributed by atoms with van der Waals surface area (Å²) in [5.74, 6) is 1.11. The van der Waals surface area contributed by atoms with Gasteiger partial charge in [-0.25, -0.2) is 0 Å². The minimum atomic E-state index is 0.313. The lowest BCUT2D eigenvalue weighted by Crippen LogP contribution is -1.89. The molecule has 0 spiro atoms. The summed E-state index contributed by atoms with van der Waals surface area (Å²) in [5.41, 5.74) is 2.69. The lowest BCUT2D eigenvalue weighted by atomic mass is 10.0. The number of aromatic amines is 1. The number of benzene rings is 1. The molecule has 1 aromatic heterocycles. The van der Waals surface area contributed by atoms with Crippen molar-refractivity contribution < 1.29 is 4.74 Å². The van der Waals surface area contributed by atoms with E-state index in [1.165, 1.54) is 0 Å². The third-order valence-corrected chi connectivity index (χ3v) is 2.72. The first kappa shape index (κ1) is 10.6. The summed E-state index contributed by atoms with van der Waals surface area (Å²) in [6, 6.07) is 7.99. The molecule has 1 heterocycles. The van der Waals surface area contributed by atoms with Crippen molar-refractivity contribution in [1.29, 1.82) is 5.26 Å².